The third kappa shape index (κ3) is 1.78. The van der Waals surface area contributed by atoms with Crippen LogP contribution in [0.15, 0.2) is 12.1 Å². The van der Waals surface area contributed by atoms with Gasteiger partial charge in [-0.1, -0.05) is 11.6 Å². The first-order valence-electron chi connectivity index (χ1n) is 4.06. The zero-order valence-corrected chi connectivity index (χ0v) is 9.80. The van der Waals surface area contributed by atoms with Gasteiger partial charge in [-0.2, -0.15) is 0 Å². The van der Waals surface area contributed by atoms with Crippen LogP contribution >= 0.6 is 34.2 Å². The maximum Gasteiger partial charge on any atom is 0.126 e. The van der Waals surface area contributed by atoms with E-state index in [2.05, 4.69) is 22.6 Å². The molecule has 1 heterocycles. The molecule has 0 amide bonds. The number of rotatable bonds is 0. The first-order chi connectivity index (χ1) is 6.18. The number of halogens is 2. The average molecular weight is 310 g/mol. The van der Waals surface area contributed by atoms with Crippen LogP contribution in [0.4, 0.5) is 0 Å². The Bertz CT molecular complexity index is 343. The summed E-state index contributed by atoms with van der Waals surface area (Å²) in [6.45, 7) is 0.685. The summed E-state index contributed by atoms with van der Waals surface area (Å²) in [5.74, 6) is 0.843. The van der Waals surface area contributed by atoms with Gasteiger partial charge in [-0.15, -0.1) is 0 Å². The third-order valence-corrected chi connectivity index (χ3v) is 3.22. The molecule has 70 valence electrons. The van der Waals surface area contributed by atoms with Gasteiger partial charge < -0.3 is 10.5 Å². The summed E-state index contributed by atoms with van der Waals surface area (Å²) in [5.41, 5.74) is 7.06. The van der Waals surface area contributed by atoms with E-state index in [1.165, 1.54) is 0 Å². The van der Waals surface area contributed by atoms with Crippen molar-refractivity contribution in [3.05, 3.63) is 26.3 Å². The van der Waals surface area contributed by atoms with E-state index in [0.717, 1.165) is 21.3 Å². The molecule has 0 unspecified atom stereocenters. The highest BCUT2D eigenvalue weighted by Crippen LogP contribution is 2.36. The fourth-order valence-corrected chi connectivity index (χ4v) is 2.87. The lowest BCUT2D eigenvalue weighted by Crippen LogP contribution is -2.21. The first-order valence-corrected chi connectivity index (χ1v) is 5.51. The molecule has 1 aliphatic rings. The van der Waals surface area contributed by atoms with Gasteiger partial charge in [0.15, 0.2) is 0 Å². The molecule has 0 bridgehead atoms. The van der Waals surface area contributed by atoms with E-state index in [1.807, 2.05) is 12.1 Å². The molecule has 1 aliphatic heterocycles. The number of benzene rings is 1. The monoisotopic (exact) mass is 309 g/mol. The SMILES string of the molecule is N[C@@H]1CCOc2cc(Cl)cc(I)c21. The average Bonchev–Trinajstić information content (AvgIpc) is 2.02. The fraction of sp³-hybridized carbons (Fsp3) is 0.333. The van der Waals surface area contributed by atoms with Crippen LogP contribution in [0.3, 0.4) is 0 Å². The Labute approximate surface area is 95.5 Å². The van der Waals surface area contributed by atoms with Crippen LogP contribution in [0.2, 0.25) is 5.02 Å². The van der Waals surface area contributed by atoms with E-state index in [0.29, 0.717) is 11.6 Å². The first kappa shape index (κ1) is 9.55. The molecule has 0 saturated carbocycles. The quantitative estimate of drug-likeness (QED) is 0.748. The fourth-order valence-electron chi connectivity index (χ4n) is 1.48. The van der Waals surface area contributed by atoms with Crippen LogP contribution in [0, 0.1) is 3.57 Å². The van der Waals surface area contributed by atoms with Crippen molar-refractivity contribution in [2.45, 2.75) is 12.5 Å². The van der Waals surface area contributed by atoms with E-state index in [1.54, 1.807) is 0 Å². The van der Waals surface area contributed by atoms with Gasteiger partial charge in [0.25, 0.3) is 0 Å². The zero-order chi connectivity index (χ0) is 9.42. The van der Waals surface area contributed by atoms with Crippen LogP contribution in [0.25, 0.3) is 0 Å². The second kappa shape index (κ2) is 3.63. The van der Waals surface area contributed by atoms with Crippen molar-refractivity contribution in [2.24, 2.45) is 5.73 Å². The molecule has 0 saturated heterocycles. The maximum atomic E-state index is 5.97. The van der Waals surface area contributed by atoms with Crippen molar-refractivity contribution >= 4 is 34.2 Å². The van der Waals surface area contributed by atoms with E-state index in [4.69, 9.17) is 22.1 Å². The van der Waals surface area contributed by atoms with Gasteiger partial charge in [-0.05, 0) is 34.7 Å². The standard InChI is InChI=1S/C9H9ClINO/c10-5-3-6(11)9-7(12)1-2-13-8(9)4-5/h3-4,7H,1-2,12H2/t7-/m1/s1. The summed E-state index contributed by atoms with van der Waals surface area (Å²) < 4.78 is 6.58. The molecular formula is C9H9ClINO. The van der Waals surface area contributed by atoms with Gasteiger partial charge in [0.2, 0.25) is 0 Å². The van der Waals surface area contributed by atoms with Gasteiger partial charge in [0, 0.05) is 26.6 Å². The van der Waals surface area contributed by atoms with E-state index < -0.39 is 0 Å². The maximum absolute atomic E-state index is 5.97. The van der Waals surface area contributed by atoms with Gasteiger partial charge >= 0.3 is 0 Å². The number of hydrogen-bond acceptors (Lipinski definition) is 2. The normalized spacial score (nSPS) is 20.7. The lowest BCUT2D eigenvalue weighted by atomic mass is 10.0. The minimum atomic E-state index is 0.0907. The summed E-state index contributed by atoms with van der Waals surface area (Å²) in [4.78, 5) is 0. The van der Waals surface area contributed by atoms with E-state index in [-0.39, 0.29) is 6.04 Å². The van der Waals surface area contributed by atoms with Crippen LogP contribution in [0.1, 0.15) is 18.0 Å². The number of nitrogens with two attached hydrogens (primary N) is 1. The number of ether oxygens (including phenoxy) is 1. The van der Waals surface area contributed by atoms with Gasteiger partial charge in [0.1, 0.15) is 5.75 Å². The van der Waals surface area contributed by atoms with Crippen LogP contribution < -0.4 is 10.5 Å². The molecule has 0 spiro atoms. The third-order valence-electron chi connectivity index (χ3n) is 2.11. The minimum absolute atomic E-state index is 0.0907. The molecule has 0 radical (unpaired) electrons. The summed E-state index contributed by atoms with van der Waals surface area (Å²) in [6.07, 6.45) is 0.880. The number of hydrogen-bond donors (Lipinski definition) is 1. The van der Waals surface area contributed by atoms with Crippen molar-refractivity contribution in [1.29, 1.82) is 0 Å². The highest BCUT2D eigenvalue weighted by Gasteiger charge is 2.21. The molecule has 2 N–H and O–H groups in total. The molecule has 0 aromatic heterocycles. The minimum Gasteiger partial charge on any atom is -0.493 e. The molecule has 1 aromatic carbocycles. The molecule has 4 heteroatoms. The Morgan fingerprint density at radius 1 is 1.54 bits per heavy atom. The zero-order valence-electron chi connectivity index (χ0n) is 6.89. The van der Waals surface area contributed by atoms with Crippen LogP contribution in [-0.4, -0.2) is 6.61 Å². The summed E-state index contributed by atoms with van der Waals surface area (Å²) in [7, 11) is 0. The molecule has 0 fully saturated rings. The molecule has 2 nitrogen and oxygen atoms in total. The van der Waals surface area contributed by atoms with Crippen molar-refractivity contribution in [3.8, 4) is 5.75 Å². The van der Waals surface area contributed by atoms with Crippen LogP contribution in [-0.2, 0) is 0 Å². The smallest absolute Gasteiger partial charge is 0.126 e. The van der Waals surface area contributed by atoms with Gasteiger partial charge in [0.05, 0.1) is 6.61 Å². The van der Waals surface area contributed by atoms with Gasteiger partial charge in [-0.25, -0.2) is 0 Å². The Hall–Kier alpha value is -0.000000000000000111. The summed E-state index contributed by atoms with van der Waals surface area (Å²) in [5, 5.41) is 0.706. The van der Waals surface area contributed by atoms with Crippen molar-refractivity contribution in [2.75, 3.05) is 6.61 Å². The Kier molecular flexibility index (Phi) is 2.67. The van der Waals surface area contributed by atoms with E-state index >= 15 is 0 Å². The summed E-state index contributed by atoms with van der Waals surface area (Å²) in [6, 6.07) is 3.83. The van der Waals surface area contributed by atoms with Gasteiger partial charge in [-0.3, -0.25) is 0 Å². The lowest BCUT2D eigenvalue weighted by Gasteiger charge is -2.24. The molecule has 13 heavy (non-hydrogen) atoms. The van der Waals surface area contributed by atoms with E-state index in [9.17, 15) is 0 Å². The topological polar surface area (TPSA) is 35.2 Å². The second-order valence-corrected chi connectivity index (χ2v) is 4.64. The van der Waals surface area contributed by atoms with Crippen LogP contribution in [0.5, 0.6) is 5.75 Å². The Morgan fingerprint density at radius 2 is 2.31 bits per heavy atom. The lowest BCUT2D eigenvalue weighted by molar-refractivity contribution is 0.268. The summed E-state index contributed by atoms with van der Waals surface area (Å²) >= 11 is 8.14. The molecule has 2 rings (SSSR count). The highest BCUT2D eigenvalue weighted by molar-refractivity contribution is 14.1. The predicted octanol–water partition coefficient (Wildman–Crippen LogP) is 2.73. The van der Waals surface area contributed by atoms with Crippen molar-refractivity contribution in [3.63, 3.8) is 0 Å². The van der Waals surface area contributed by atoms with Crippen molar-refractivity contribution < 1.29 is 4.74 Å². The predicted molar refractivity (Wildman–Crippen MR) is 61.2 cm³/mol. The molecule has 1 atom stereocenters. The second-order valence-electron chi connectivity index (χ2n) is 3.04. The van der Waals surface area contributed by atoms with Crippen molar-refractivity contribution in [1.82, 2.24) is 0 Å². The highest BCUT2D eigenvalue weighted by atomic mass is 127. The number of fused-ring (bicyclic) bond motifs is 1. The molecular weight excluding hydrogens is 300 g/mol. The Balaban J connectivity index is 2.56. The largest absolute Gasteiger partial charge is 0.493 e. The molecule has 0 aliphatic carbocycles. The Morgan fingerprint density at radius 3 is 3.08 bits per heavy atom. The molecule has 1 aromatic rings.